The molecule has 6 rings (SSSR count). The molecule has 2 heterocycles. The molecule has 4 aromatic carbocycles. The van der Waals surface area contributed by atoms with Gasteiger partial charge in [-0.2, -0.15) is 0 Å². The van der Waals surface area contributed by atoms with Crippen molar-refractivity contribution in [3.63, 3.8) is 0 Å². The highest BCUT2D eigenvalue weighted by Gasteiger charge is 2.17. The van der Waals surface area contributed by atoms with E-state index in [0.717, 1.165) is 11.1 Å². The number of amides is 2. The Morgan fingerprint density at radius 2 is 0.917 bits per heavy atom. The fraction of sp³-hybridized carbons (Fsp3) is 0.158. The number of ether oxygens (including phenoxy) is 4. The van der Waals surface area contributed by atoms with Gasteiger partial charge in [-0.15, -0.1) is 0 Å². The van der Waals surface area contributed by atoms with Crippen molar-refractivity contribution in [2.45, 2.75) is 0 Å². The van der Waals surface area contributed by atoms with Gasteiger partial charge in [-0.25, -0.2) is 9.97 Å². The highest BCUT2D eigenvalue weighted by Crippen LogP contribution is 2.34. The predicted octanol–water partition coefficient (Wildman–Crippen LogP) is 6.31. The minimum atomic E-state index is -0.283. The summed E-state index contributed by atoms with van der Waals surface area (Å²) in [5.74, 6) is 1.75. The minimum absolute atomic E-state index is 0.207. The Kier molecular flexibility index (Phi) is 9.33. The molecule has 0 aliphatic heterocycles. The summed E-state index contributed by atoms with van der Waals surface area (Å²) in [7, 11) is 6.30. The second-order valence-corrected chi connectivity index (χ2v) is 10.8. The molecule has 2 N–H and O–H groups in total. The average Bonchev–Trinajstić information content (AvgIpc) is 3.14. The van der Waals surface area contributed by atoms with Crippen LogP contribution >= 0.6 is 0 Å². The highest BCUT2D eigenvalue weighted by atomic mass is 16.5. The lowest BCUT2D eigenvalue weighted by Gasteiger charge is -2.14. The molecule has 0 saturated heterocycles. The molecule has 2 aromatic heterocycles. The first kappa shape index (κ1) is 31.8. The number of carbonyl (C=O) groups is 2. The van der Waals surface area contributed by atoms with E-state index in [2.05, 4.69) is 10.6 Å². The molecule has 0 aliphatic carbocycles. The van der Waals surface area contributed by atoms with Crippen molar-refractivity contribution >= 4 is 33.6 Å². The maximum atomic E-state index is 13.5. The van der Waals surface area contributed by atoms with E-state index >= 15 is 0 Å². The Labute approximate surface area is 277 Å². The van der Waals surface area contributed by atoms with Gasteiger partial charge < -0.3 is 29.6 Å². The number of methoxy groups -OCH3 is 4. The highest BCUT2D eigenvalue weighted by molar-refractivity contribution is 6.08. The van der Waals surface area contributed by atoms with E-state index in [0.29, 0.717) is 67.3 Å². The van der Waals surface area contributed by atoms with E-state index in [1.165, 1.54) is 0 Å². The third kappa shape index (κ3) is 6.41. The van der Waals surface area contributed by atoms with Crippen LogP contribution < -0.4 is 29.6 Å². The van der Waals surface area contributed by atoms with E-state index < -0.39 is 0 Å². The second kappa shape index (κ2) is 14.1. The van der Waals surface area contributed by atoms with Crippen molar-refractivity contribution in [1.29, 1.82) is 0 Å². The average molecular weight is 643 g/mol. The number of benzene rings is 4. The van der Waals surface area contributed by atoms with Crippen LogP contribution in [0.25, 0.3) is 44.3 Å². The summed E-state index contributed by atoms with van der Waals surface area (Å²) in [6.07, 6.45) is 0. The zero-order valence-electron chi connectivity index (χ0n) is 27.0. The van der Waals surface area contributed by atoms with Gasteiger partial charge in [0.1, 0.15) is 0 Å². The van der Waals surface area contributed by atoms with Crippen LogP contribution in [0.5, 0.6) is 23.0 Å². The van der Waals surface area contributed by atoms with Gasteiger partial charge in [-0.1, -0.05) is 36.4 Å². The maximum absolute atomic E-state index is 13.5. The number of nitrogens with zero attached hydrogens (tertiary/aromatic N) is 2. The van der Waals surface area contributed by atoms with Crippen LogP contribution in [-0.4, -0.2) is 63.3 Å². The van der Waals surface area contributed by atoms with Crippen LogP contribution in [0.1, 0.15) is 20.7 Å². The lowest BCUT2D eigenvalue weighted by Crippen LogP contribution is -2.35. The zero-order valence-corrected chi connectivity index (χ0v) is 27.0. The molecule has 48 heavy (non-hydrogen) atoms. The quantitative estimate of drug-likeness (QED) is 0.158. The van der Waals surface area contributed by atoms with Gasteiger partial charge in [0, 0.05) is 35.0 Å². The lowest BCUT2D eigenvalue weighted by molar-refractivity contribution is 0.0929. The van der Waals surface area contributed by atoms with Gasteiger partial charge in [0.15, 0.2) is 23.0 Å². The molecule has 242 valence electrons. The first-order valence-corrected chi connectivity index (χ1v) is 15.2. The smallest absolute Gasteiger partial charge is 0.252 e. The number of fused-ring (bicyclic) bond motifs is 2. The number of hydrogen-bond donors (Lipinski definition) is 2. The first-order chi connectivity index (χ1) is 23.4. The third-order valence-electron chi connectivity index (χ3n) is 7.98. The number of para-hydroxylation sites is 2. The Bertz CT molecular complexity index is 2000. The molecule has 0 aliphatic rings. The first-order valence-electron chi connectivity index (χ1n) is 15.2. The van der Waals surface area contributed by atoms with Crippen molar-refractivity contribution in [2.24, 2.45) is 0 Å². The van der Waals surface area contributed by atoms with E-state index in [1.54, 1.807) is 52.7 Å². The van der Waals surface area contributed by atoms with Crippen LogP contribution in [-0.2, 0) is 0 Å². The molecular weight excluding hydrogens is 608 g/mol. The molecule has 0 radical (unpaired) electrons. The molecule has 10 nitrogen and oxygen atoms in total. The summed E-state index contributed by atoms with van der Waals surface area (Å²) in [4.78, 5) is 36.6. The monoisotopic (exact) mass is 642 g/mol. The van der Waals surface area contributed by atoms with Crippen LogP contribution in [0.4, 0.5) is 0 Å². The SMILES string of the molecule is COc1ccc(-c2cc(C(=O)NCCNC(=O)c3cc(-c4ccc(OC)c(OC)c4)nc4ccccc34)c3ccccc3n2)cc1OC. The molecule has 10 heteroatoms. The summed E-state index contributed by atoms with van der Waals surface area (Å²) in [5.41, 5.74) is 5.07. The Hall–Kier alpha value is -6.16. The minimum Gasteiger partial charge on any atom is -0.493 e. The maximum Gasteiger partial charge on any atom is 0.252 e. The number of hydrogen-bond acceptors (Lipinski definition) is 8. The largest absolute Gasteiger partial charge is 0.493 e. The van der Waals surface area contributed by atoms with Gasteiger partial charge in [0.05, 0.1) is 62.0 Å². The molecule has 0 bridgehead atoms. The fourth-order valence-corrected chi connectivity index (χ4v) is 5.56. The second-order valence-electron chi connectivity index (χ2n) is 10.8. The summed E-state index contributed by atoms with van der Waals surface area (Å²) >= 11 is 0. The molecular formula is C38H34N4O6. The van der Waals surface area contributed by atoms with Gasteiger partial charge in [0.25, 0.3) is 11.8 Å². The Morgan fingerprint density at radius 1 is 0.521 bits per heavy atom. The Morgan fingerprint density at radius 3 is 1.31 bits per heavy atom. The molecule has 0 atom stereocenters. The van der Waals surface area contributed by atoms with Crippen molar-refractivity contribution in [3.8, 4) is 45.5 Å². The normalized spacial score (nSPS) is 10.8. The molecule has 0 unspecified atom stereocenters. The number of aromatic nitrogens is 2. The summed E-state index contributed by atoms with van der Waals surface area (Å²) < 4.78 is 21.7. The van der Waals surface area contributed by atoms with E-state index in [1.807, 2.05) is 72.8 Å². The van der Waals surface area contributed by atoms with Gasteiger partial charge in [-0.3, -0.25) is 9.59 Å². The van der Waals surface area contributed by atoms with Crippen LogP contribution in [0.15, 0.2) is 97.1 Å². The molecule has 0 saturated carbocycles. The van der Waals surface area contributed by atoms with Crippen LogP contribution in [0.3, 0.4) is 0 Å². The van der Waals surface area contributed by atoms with E-state index in [9.17, 15) is 9.59 Å². The van der Waals surface area contributed by atoms with Crippen molar-refractivity contribution in [3.05, 3.63) is 108 Å². The van der Waals surface area contributed by atoms with Crippen LogP contribution in [0.2, 0.25) is 0 Å². The third-order valence-corrected chi connectivity index (χ3v) is 7.98. The van der Waals surface area contributed by atoms with Gasteiger partial charge in [-0.05, 0) is 60.7 Å². The van der Waals surface area contributed by atoms with E-state index in [4.69, 9.17) is 28.9 Å². The Balaban J connectivity index is 1.20. The van der Waals surface area contributed by atoms with Crippen LogP contribution in [0, 0.1) is 0 Å². The molecule has 2 amide bonds. The van der Waals surface area contributed by atoms with Gasteiger partial charge >= 0.3 is 0 Å². The standard InChI is InChI=1S/C38H34N4O6/c1-45-33-15-13-23(19-35(33)47-3)31-21-27(25-9-5-7-11-29(25)41-31)37(43)39-17-18-40-38(44)28-22-32(42-30-12-8-6-10-26(28)30)24-14-16-34(46-2)36(20-24)48-4/h5-16,19-22H,17-18H2,1-4H3,(H,39,43)(H,40,44). The fourth-order valence-electron chi connectivity index (χ4n) is 5.56. The topological polar surface area (TPSA) is 121 Å². The number of nitrogens with one attached hydrogen (secondary N) is 2. The summed E-state index contributed by atoms with van der Waals surface area (Å²) in [6, 6.07) is 29.5. The lowest BCUT2D eigenvalue weighted by atomic mass is 10.0. The van der Waals surface area contributed by atoms with Crippen molar-refractivity contribution in [1.82, 2.24) is 20.6 Å². The molecule has 0 spiro atoms. The zero-order chi connectivity index (χ0) is 33.6. The number of carbonyl (C=O) groups excluding carboxylic acids is 2. The number of pyridine rings is 2. The van der Waals surface area contributed by atoms with E-state index in [-0.39, 0.29) is 24.9 Å². The number of rotatable bonds is 11. The summed E-state index contributed by atoms with van der Waals surface area (Å²) in [5, 5.41) is 7.34. The molecule has 0 fully saturated rings. The van der Waals surface area contributed by atoms with Crippen molar-refractivity contribution < 1.29 is 28.5 Å². The predicted molar refractivity (Wildman–Crippen MR) is 185 cm³/mol. The van der Waals surface area contributed by atoms with Gasteiger partial charge in [0.2, 0.25) is 0 Å². The molecule has 6 aromatic rings. The summed E-state index contributed by atoms with van der Waals surface area (Å²) in [6.45, 7) is 0.414. The van der Waals surface area contributed by atoms with Crippen molar-refractivity contribution in [2.75, 3.05) is 41.5 Å².